The third-order valence-electron chi connectivity index (χ3n) is 6.76. The molecule has 186 valence electrons. The summed E-state index contributed by atoms with van der Waals surface area (Å²) in [5.74, 6) is -0.161. The average Bonchev–Trinajstić information content (AvgIpc) is 3.57. The molecule has 0 aromatic heterocycles. The van der Waals surface area contributed by atoms with Gasteiger partial charge in [-0.15, -0.1) is 0 Å². The highest BCUT2D eigenvalue weighted by Crippen LogP contribution is 2.38. The Bertz CT molecular complexity index is 1080. The summed E-state index contributed by atoms with van der Waals surface area (Å²) < 4.78 is 25.3. The van der Waals surface area contributed by atoms with Crippen LogP contribution in [0, 0.1) is 11.7 Å². The van der Waals surface area contributed by atoms with Gasteiger partial charge in [0.25, 0.3) is 5.91 Å². The van der Waals surface area contributed by atoms with E-state index in [9.17, 15) is 14.0 Å². The SMILES string of the molecule is COCCN(CC(=O)N1N=C(c2ccccc2F)C[C@@H]1c1ccccc1OC)C(=O)C1CCCC1. The molecule has 35 heavy (non-hydrogen) atoms. The molecule has 0 unspecified atom stereocenters. The number of para-hydroxylation sites is 1. The van der Waals surface area contributed by atoms with Crippen molar-refractivity contribution in [1.82, 2.24) is 9.91 Å². The van der Waals surface area contributed by atoms with E-state index in [1.165, 1.54) is 11.1 Å². The lowest BCUT2D eigenvalue weighted by molar-refractivity contribution is -0.144. The lowest BCUT2D eigenvalue weighted by atomic mass is 9.97. The fourth-order valence-electron chi connectivity index (χ4n) is 4.92. The van der Waals surface area contributed by atoms with Gasteiger partial charge in [-0.1, -0.05) is 49.2 Å². The maximum atomic E-state index is 14.6. The van der Waals surface area contributed by atoms with E-state index in [2.05, 4.69) is 5.10 Å². The van der Waals surface area contributed by atoms with Gasteiger partial charge in [-0.3, -0.25) is 9.59 Å². The minimum Gasteiger partial charge on any atom is -0.496 e. The summed E-state index contributed by atoms with van der Waals surface area (Å²) in [6.45, 7) is 0.554. The van der Waals surface area contributed by atoms with E-state index in [-0.39, 0.29) is 24.3 Å². The number of amides is 2. The van der Waals surface area contributed by atoms with Crippen LogP contribution in [0.25, 0.3) is 0 Å². The third kappa shape index (κ3) is 5.53. The molecule has 2 amide bonds. The van der Waals surface area contributed by atoms with Crippen LogP contribution in [0.4, 0.5) is 4.39 Å². The van der Waals surface area contributed by atoms with Gasteiger partial charge in [-0.05, 0) is 25.0 Å². The summed E-state index contributed by atoms with van der Waals surface area (Å²) in [6, 6.07) is 13.4. The predicted octanol–water partition coefficient (Wildman–Crippen LogP) is 4.18. The molecule has 0 N–H and O–H groups in total. The first-order valence-corrected chi connectivity index (χ1v) is 12.1. The van der Waals surface area contributed by atoms with E-state index in [0.29, 0.717) is 36.6 Å². The van der Waals surface area contributed by atoms with Gasteiger partial charge in [0.05, 0.1) is 25.5 Å². The molecule has 1 aliphatic carbocycles. The topological polar surface area (TPSA) is 71.4 Å². The summed E-state index contributed by atoms with van der Waals surface area (Å²) in [5, 5.41) is 5.97. The van der Waals surface area contributed by atoms with Crippen molar-refractivity contribution in [3.05, 3.63) is 65.5 Å². The molecule has 4 rings (SSSR count). The van der Waals surface area contributed by atoms with Crippen LogP contribution >= 0.6 is 0 Å². The zero-order chi connectivity index (χ0) is 24.8. The van der Waals surface area contributed by atoms with Crippen LogP contribution in [-0.2, 0) is 14.3 Å². The molecular formula is C27H32FN3O4. The molecule has 2 aromatic carbocycles. The molecule has 8 heteroatoms. The second-order valence-corrected chi connectivity index (χ2v) is 8.96. The van der Waals surface area contributed by atoms with Crippen molar-refractivity contribution in [3.63, 3.8) is 0 Å². The minimum absolute atomic E-state index is 0.0146. The smallest absolute Gasteiger partial charge is 0.262 e. The second kappa shape index (κ2) is 11.4. The van der Waals surface area contributed by atoms with Crippen LogP contribution in [0.5, 0.6) is 5.75 Å². The van der Waals surface area contributed by atoms with Crippen LogP contribution in [-0.4, -0.2) is 61.4 Å². The number of hydrazone groups is 1. The molecule has 1 atom stereocenters. The molecule has 2 aliphatic rings. The normalized spacial score (nSPS) is 18.0. The van der Waals surface area contributed by atoms with Gasteiger partial charge in [0, 0.05) is 37.1 Å². The number of carbonyl (C=O) groups is 2. The molecule has 0 bridgehead atoms. The number of halogens is 1. The van der Waals surface area contributed by atoms with Crippen molar-refractivity contribution < 1.29 is 23.5 Å². The van der Waals surface area contributed by atoms with Crippen molar-refractivity contribution in [2.45, 2.75) is 38.1 Å². The number of hydrogen-bond acceptors (Lipinski definition) is 5. The number of carbonyl (C=O) groups excluding carboxylic acids is 2. The van der Waals surface area contributed by atoms with Crippen molar-refractivity contribution in [2.24, 2.45) is 11.0 Å². The first-order chi connectivity index (χ1) is 17.0. The molecule has 0 radical (unpaired) electrons. The Morgan fingerprint density at radius 1 is 1.09 bits per heavy atom. The average molecular weight is 482 g/mol. The maximum absolute atomic E-state index is 14.6. The van der Waals surface area contributed by atoms with Crippen LogP contribution in [0.3, 0.4) is 0 Å². The number of nitrogens with zero attached hydrogens (tertiary/aromatic N) is 3. The highest BCUT2D eigenvalue weighted by molar-refractivity contribution is 6.03. The summed E-state index contributed by atoms with van der Waals surface area (Å²) in [6.07, 6.45) is 4.09. The van der Waals surface area contributed by atoms with E-state index in [0.717, 1.165) is 31.2 Å². The van der Waals surface area contributed by atoms with Crippen LogP contribution < -0.4 is 4.74 Å². The molecule has 0 spiro atoms. The van der Waals surface area contributed by atoms with Gasteiger partial charge >= 0.3 is 0 Å². The quantitative estimate of drug-likeness (QED) is 0.539. The number of benzene rings is 2. The van der Waals surface area contributed by atoms with E-state index in [1.54, 1.807) is 37.3 Å². The highest BCUT2D eigenvalue weighted by atomic mass is 19.1. The summed E-state index contributed by atoms with van der Waals surface area (Å²) in [4.78, 5) is 28.4. The molecule has 1 fully saturated rings. The Morgan fingerprint density at radius 2 is 1.80 bits per heavy atom. The van der Waals surface area contributed by atoms with Gasteiger partial charge in [0.15, 0.2) is 0 Å². The van der Waals surface area contributed by atoms with Gasteiger partial charge in [0.2, 0.25) is 5.91 Å². The molecule has 1 saturated carbocycles. The van der Waals surface area contributed by atoms with Gasteiger partial charge in [-0.25, -0.2) is 9.40 Å². The fraction of sp³-hybridized carbons (Fsp3) is 0.444. The number of hydrogen-bond donors (Lipinski definition) is 0. The number of rotatable bonds is 9. The van der Waals surface area contributed by atoms with Crippen LogP contribution in [0.2, 0.25) is 0 Å². The Labute approximate surface area is 205 Å². The monoisotopic (exact) mass is 481 g/mol. The first-order valence-electron chi connectivity index (χ1n) is 12.1. The predicted molar refractivity (Wildman–Crippen MR) is 131 cm³/mol. The Balaban J connectivity index is 1.64. The highest BCUT2D eigenvalue weighted by Gasteiger charge is 2.37. The fourth-order valence-corrected chi connectivity index (χ4v) is 4.92. The molecule has 0 saturated heterocycles. The largest absolute Gasteiger partial charge is 0.496 e. The standard InChI is InChI=1S/C27H32FN3O4/c1-34-16-15-30(27(33)19-9-3-4-10-19)18-26(32)31-24(21-12-6-8-14-25(21)35-2)17-23(29-31)20-11-5-7-13-22(20)28/h5-8,11-14,19,24H,3-4,9-10,15-18H2,1-2H3/t24-/m1/s1. The summed E-state index contributed by atoms with van der Waals surface area (Å²) in [7, 11) is 3.15. The molecule has 1 heterocycles. The molecule has 1 aliphatic heterocycles. The maximum Gasteiger partial charge on any atom is 0.262 e. The second-order valence-electron chi connectivity index (χ2n) is 8.96. The first kappa shape index (κ1) is 24.9. The van der Waals surface area contributed by atoms with E-state index in [4.69, 9.17) is 9.47 Å². The van der Waals surface area contributed by atoms with Crippen molar-refractivity contribution in [2.75, 3.05) is 33.9 Å². The number of ether oxygens (including phenoxy) is 2. The molecular weight excluding hydrogens is 449 g/mol. The van der Waals surface area contributed by atoms with Crippen molar-refractivity contribution >= 4 is 17.5 Å². The zero-order valence-corrected chi connectivity index (χ0v) is 20.3. The summed E-state index contributed by atoms with van der Waals surface area (Å²) in [5.41, 5.74) is 1.63. The lowest BCUT2D eigenvalue weighted by Gasteiger charge is -2.29. The van der Waals surface area contributed by atoms with E-state index >= 15 is 0 Å². The van der Waals surface area contributed by atoms with E-state index in [1.807, 2.05) is 24.3 Å². The van der Waals surface area contributed by atoms with Crippen LogP contribution in [0.15, 0.2) is 53.6 Å². The van der Waals surface area contributed by atoms with Crippen molar-refractivity contribution in [1.29, 1.82) is 0 Å². The Kier molecular flexibility index (Phi) is 8.13. The molecule has 7 nitrogen and oxygen atoms in total. The van der Waals surface area contributed by atoms with Gasteiger partial charge in [-0.2, -0.15) is 5.10 Å². The van der Waals surface area contributed by atoms with Gasteiger partial charge < -0.3 is 14.4 Å². The van der Waals surface area contributed by atoms with Crippen LogP contribution in [0.1, 0.15) is 49.3 Å². The van der Waals surface area contributed by atoms with Crippen molar-refractivity contribution in [3.8, 4) is 5.75 Å². The van der Waals surface area contributed by atoms with E-state index < -0.39 is 11.9 Å². The Morgan fingerprint density at radius 3 is 2.51 bits per heavy atom. The lowest BCUT2D eigenvalue weighted by Crippen LogP contribution is -2.44. The molecule has 2 aromatic rings. The summed E-state index contributed by atoms with van der Waals surface area (Å²) >= 11 is 0. The Hall–Kier alpha value is -3.26. The zero-order valence-electron chi connectivity index (χ0n) is 20.3. The van der Waals surface area contributed by atoms with Gasteiger partial charge in [0.1, 0.15) is 18.1 Å². The minimum atomic E-state index is -0.473. The third-order valence-corrected chi connectivity index (χ3v) is 6.76. The number of methoxy groups -OCH3 is 2.